The number of hydrogen-bond donors (Lipinski definition) is 2. The fourth-order valence-electron chi connectivity index (χ4n) is 3.48. The van der Waals surface area contributed by atoms with Gasteiger partial charge in [0.2, 0.25) is 5.91 Å². The lowest BCUT2D eigenvalue weighted by atomic mass is 10.1. The lowest BCUT2D eigenvalue weighted by molar-refractivity contribution is -0.128. The third-order valence-corrected chi connectivity index (χ3v) is 5.20. The topological polar surface area (TPSA) is 56.7 Å². The smallest absolute Gasteiger partial charge is 0.222 e. The van der Waals surface area contributed by atoms with Crippen LogP contribution in [0.2, 0.25) is 0 Å². The Balaban J connectivity index is 1.48. The maximum absolute atomic E-state index is 11.8. The average Bonchev–Trinajstić information content (AvgIpc) is 3.09. The monoisotopic (exact) mass is 378 g/mol. The molecule has 28 heavy (non-hydrogen) atoms. The van der Waals surface area contributed by atoms with Crippen molar-refractivity contribution < 1.29 is 4.79 Å². The molecule has 0 aliphatic carbocycles. The number of benzene rings is 2. The van der Waals surface area contributed by atoms with Gasteiger partial charge in [0.25, 0.3) is 0 Å². The molecule has 0 radical (unpaired) electrons. The van der Waals surface area contributed by atoms with Gasteiger partial charge in [0.05, 0.1) is 0 Å². The van der Waals surface area contributed by atoms with Gasteiger partial charge in [0.1, 0.15) is 0 Å². The summed E-state index contributed by atoms with van der Waals surface area (Å²) in [4.78, 5) is 18.0. The Morgan fingerprint density at radius 1 is 1.04 bits per heavy atom. The zero-order valence-electron chi connectivity index (χ0n) is 17.1. The summed E-state index contributed by atoms with van der Waals surface area (Å²) < 4.78 is 0. The molecule has 0 unspecified atom stereocenters. The lowest BCUT2D eigenvalue weighted by Gasteiger charge is -2.16. The summed E-state index contributed by atoms with van der Waals surface area (Å²) in [5.41, 5.74) is 6.20. The zero-order valence-corrected chi connectivity index (χ0v) is 17.1. The van der Waals surface area contributed by atoms with Gasteiger partial charge in [-0.25, -0.2) is 0 Å². The number of nitrogens with zero attached hydrogens (tertiary/aromatic N) is 2. The molecule has 0 saturated carbocycles. The van der Waals surface area contributed by atoms with E-state index in [2.05, 4.69) is 71.9 Å². The molecule has 1 saturated heterocycles. The highest BCUT2D eigenvalue weighted by Crippen LogP contribution is 2.15. The van der Waals surface area contributed by atoms with Crippen LogP contribution in [-0.4, -0.2) is 30.4 Å². The summed E-state index contributed by atoms with van der Waals surface area (Å²) in [6.45, 7) is 7.29. The number of carbonyl (C=O) groups excluding carboxylic acids is 1. The Labute approximate surface area is 167 Å². The van der Waals surface area contributed by atoms with Crippen molar-refractivity contribution in [1.29, 1.82) is 0 Å². The highest BCUT2D eigenvalue weighted by molar-refractivity contribution is 5.79. The van der Waals surface area contributed by atoms with Gasteiger partial charge < -0.3 is 15.5 Å². The van der Waals surface area contributed by atoms with Gasteiger partial charge in [-0.1, -0.05) is 48.0 Å². The van der Waals surface area contributed by atoms with E-state index in [1.165, 1.54) is 27.8 Å². The third-order valence-electron chi connectivity index (χ3n) is 5.20. The first-order valence-corrected chi connectivity index (χ1v) is 9.91. The molecule has 5 heteroatoms. The van der Waals surface area contributed by atoms with Crippen LogP contribution in [0.5, 0.6) is 0 Å². The molecule has 1 aliphatic heterocycles. The minimum absolute atomic E-state index is 0.268. The first-order chi connectivity index (χ1) is 13.5. The molecular formula is C23H30N4O. The van der Waals surface area contributed by atoms with Crippen molar-refractivity contribution in [2.45, 2.75) is 46.3 Å². The van der Waals surface area contributed by atoms with Crippen LogP contribution in [0.1, 0.15) is 40.7 Å². The molecule has 2 aromatic carbocycles. The van der Waals surface area contributed by atoms with Gasteiger partial charge in [0, 0.05) is 39.6 Å². The van der Waals surface area contributed by atoms with Crippen molar-refractivity contribution in [2.24, 2.45) is 4.99 Å². The minimum atomic E-state index is 0.268. The second kappa shape index (κ2) is 9.40. The molecule has 0 atom stereocenters. The number of nitrogens with one attached hydrogen (secondary N) is 2. The summed E-state index contributed by atoms with van der Waals surface area (Å²) in [6, 6.07) is 14.9. The molecule has 0 bridgehead atoms. The fraction of sp³-hybridized carbons (Fsp3) is 0.391. The summed E-state index contributed by atoms with van der Waals surface area (Å²) >= 11 is 0. The molecule has 1 fully saturated rings. The van der Waals surface area contributed by atoms with Crippen LogP contribution in [0.15, 0.2) is 47.5 Å². The van der Waals surface area contributed by atoms with E-state index < -0.39 is 0 Å². The van der Waals surface area contributed by atoms with Crippen molar-refractivity contribution in [3.8, 4) is 0 Å². The summed E-state index contributed by atoms with van der Waals surface area (Å²) in [6.07, 6.45) is 1.67. The van der Waals surface area contributed by atoms with Crippen LogP contribution in [0, 0.1) is 13.8 Å². The molecule has 2 aromatic rings. The van der Waals surface area contributed by atoms with Crippen molar-refractivity contribution >= 4 is 11.9 Å². The van der Waals surface area contributed by atoms with Gasteiger partial charge in [-0.05, 0) is 42.5 Å². The molecule has 2 N–H and O–H groups in total. The SMILES string of the molecule is CN=C(NCc1ccc(CN2CCCC2=O)cc1)NCc1ccc(C)cc1C. The van der Waals surface area contributed by atoms with Crippen molar-refractivity contribution in [3.63, 3.8) is 0 Å². The molecular weight excluding hydrogens is 348 g/mol. The first kappa shape index (κ1) is 19.9. The van der Waals surface area contributed by atoms with E-state index in [9.17, 15) is 4.79 Å². The lowest BCUT2D eigenvalue weighted by Crippen LogP contribution is -2.36. The largest absolute Gasteiger partial charge is 0.352 e. The van der Waals surface area contributed by atoms with E-state index in [0.29, 0.717) is 19.5 Å². The van der Waals surface area contributed by atoms with E-state index in [0.717, 1.165) is 25.5 Å². The predicted octanol–water partition coefficient (Wildman–Crippen LogP) is 3.29. The standard InChI is InChI=1S/C23H30N4O/c1-17-6-11-21(18(2)13-17)15-26-23(24-3)25-14-19-7-9-20(10-8-19)16-27-12-4-5-22(27)28/h6-11,13H,4-5,12,14-16H2,1-3H3,(H2,24,25,26). The second-order valence-corrected chi connectivity index (χ2v) is 7.44. The Kier molecular flexibility index (Phi) is 6.69. The Morgan fingerprint density at radius 2 is 1.75 bits per heavy atom. The minimum Gasteiger partial charge on any atom is -0.352 e. The van der Waals surface area contributed by atoms with Crippen LogP contribution >= 0.6 is 0 Å². The van der Waals surface area contributed by atoms with Crippen molar-refractivity contribution in [2.75, 3.05) is 13.6 Å². The third kappa shape index (κ3) is 5.35. The maximum Gasteiger partial charge on any atom is 0.222 e. The number of likely N-dealkylation sites (tertiary alicyclic amines) is 1. The predicted molar refractivity (Wildman–Crippen MR) is 114 cm³/mol. The molecule has 1 amide bonds. The number of carbonyl (C=O) groups is 1. The zero-order chi connectivity index (χ0) is 19.9. The van der Waals surface area contributed by atoms with E-state index in [1.807, 2.05) is 4.90 Å². The van der Waals surface area contributed by atoms with Gasteiger partial charge in [-0.15, -0.1) is 0 Å². The molecule has 0 aromatic heterocycles. The Morgan fingerprint density at radius 3 is 2.39 bits per heavy atom. The van der Waals surface area contributed by atoms with E-state index in [4.69, 9.17) is 0 Å². The number of aliphatic imine (C=N–C) groups is 1. The van der Waals surface area contributed by atoms with Gasteiger partial charge in [-0.2, -0.15) is 0 Å². The fourth-order valence-corrected chi connectivity index (χ4v) is 3.48. The van der Waals surface area contributed by atoms with E-state index in [1.54, 1.807) is 7.05 Å². The van der Waals surface area contributed by atoms with Gasteiger partial charge in [-0.3, -0.25) is 9.79 Å². The van der Waals surface area contributed by atoms with Crippen LogP contribution in [-0.2, 0) is 24.4 Å². The van der Waals surface area contributed by atoms with Crippen molar-refractivity contribution in [1.82, 2.24) is 15.5 Å². The van der Waals surface area contributed by atoms with Crippen LogP contribution in [0.25, 0.3) is 0 Å². The Bertz CT molecular complexity index is 842. The van der Waals surface area contributed by atoms with E-state index in [-0.39, 0.29) is 5.91 Å². The van der Waals surface area contributed by atoms with Crippen LogP contribution < -0.4 is 10.6 Å². The number of amides is 1. The second-order valence-electron chi connectivity index (χ2n) is 7.44. The van der Waals surface area contributed by atoms with Gasteiger partial charge >= 0.3 is 0 Å². The normalized spacial score (nSPS) is 14.5. The Hall–Kier alpha value is -2.82. The van der Waals surface area contributed by atoms with Crippen LogP contribution in [0.4, 0.5) is 0 Å². The first-order valence-electron chi connectivity index (χ1n) is 9.91. The maximum atomic E-state index is 11.8. The molecule has 1 aliphatic rings. The van der Waals surface area contributed by atoms with Gasteiger partial charge in [0.15, 0.2) is 5.96 Å². The molecule has 1 heterocycles. The van der Waals surface area contributed by atoms with E-state index >= 15 is 0 Å². The average molecular weight is 379 g/mol. The molecule has 5 nitrogen and oxygen atoms in total. The number of guanidine groups is 1. The van der Waals surface area contributed by atoms with Crippen molar-refractivity contribution in [3.05, 3.63) is 70.3 Å². The summed E-state index contributed by atoms with van der Waals surface area (Å²) in [7, 11) is 1.79. The summed E-state index contributed by atoms with van der Waals surface area (Å²) in [5.74, 6) is 1.05. The number of rotatable bonds is 6. The number of aryl methyl sites for hydroxylation is 2. The molecule has 0 spiro atoms. The van der Waals surface area contributed by atoms with Crippen LogP contribution in [0.3, 0.4) is 0 Å². The quantitative estimate of drug-likeness (QED) is 0.599. The highest BCUT2D eigenvalue weighted by atomic mass is 16.2. The number of hydrogen-bond acceptors (Lipinski definition) is 2. The summed E-state index contributed by atoms with van der Waals surface area (Å²) in [5, 5.41) is 6.74. The molecule has 3 rings (SSSR count). The molecule has 148 valence electrons. The highest BCUT2D eigenvalue weighted by Gasteiger charge is 2.19.